The van der Waals surface area contributed by atoms with Gasteiger partial charge in [-0.05, 0) is 23.8 Å². The summed E-state index contributed by atoms with van der Waals surface area (Å²) in [5.74, 6) is -0.132. The molecule has 0 aliphatic heterocycles. The number of amides is 1. The van der Waals surface area contributed by atoms with Crippen molar-refractivity contribution in [3.63, 3.8) is 0 Å². The average molecular weight is 284 g/mol. The largest absolute Gasteiger partial charge is 0.321 e. The fourth-order valence-corrected chi connectivity index (χ4v) is 2.31. The Kier molecular flexibility index (Phi) is 3.56. The SMILES string of the molecule is O=C(Nc1ccc(Cn2cccn2)cc1)c1cncs1. The fourth-order valence-electron chi connectivity index (χ4n) is 1.80. The van der Waals surface area contributed by atoms with Crippen LogP contribution in [0.4, 0.5) is 5.69 Å². The van der Waals surface area contributed by atoms with Crippen molar-refractivity contribution in [2.75, 3.05) is 5.32 Å². The molecule has 2 heterocycles. The van der Waals surface area contributed by atoms with Crippen molar-refractivity contribution < 1.29 is 4.79 Å². The zero-order valence-corrected chi connectivity index (χ0v) is 11.4. The lowest BCUT2D eigenvalue weighted by Crippen LogP contribution is -2.10. The van der Waals surface area contributed by atoms with Crippen LogP contribution in [0.5, 0.6) is 0 Å². The number of carbonyl (C=O) groups is 1. The number of benzene rings is 1. The second kappa shape index (κ2) is 5.66. The number of anilines is 1. The van der Waals surface area contributed by atoms with E-state index in [0.29, 0.717) is 4.88 Å². The van der Waals surface area contributed by atoms with E-state index < -0.39 is 0 Å². The molecule has 2 aromatic heterocycles. The molecule has 0 aliphatic carbocycles. The van der Waals surface area contributed by atoms with Crippen LogP contribution in [0.15, 0.2) is 54.4 Å². The van der Waals surface area contributed by atoms with E-state index in [-0.39, 0.29) is 5.91 Å². The van der Waals surface area contributed by atoms with Crippen LogP contribution in [0, 0.1) is 0 Å². The lowest BCUT2D eigenvalue weighted by atomic mass is 10.2. The lowest BCUT2D eigenvalue weighted by Gasteiger charge is -2.05. The summed E-state index contributed by atoms with van der Waals surface area (Å²) in [6, 6.07) is 9.62. The maximum atomic E-state index is 11.9. The Morgan fingerprint density at radius 3 is 2.80 bits per heavy atom. The first-order chi connectivity index (χ1) is 9.81. The van der Waals surface area contributed by atoms with E-state index >= 15 is 0 Å². The summed E-state index contributed by atoms with van der Waals surface area (Å²) in [4.78, 5) is 16.4. The van der Waals surface area contributed by atoms with Crippen molar-refractivity contribution >= 4 is 22.9 Å². The Morgan fingerprint density at radius 2 is 2.15 bits per heavy atom. The van der Waals surface area contributed by atoms with Gasteiger partial charge in [-0.2, -0.15) is 5.10 Å². The zero-order chi connectivity index (χ0) is 13.8. The van der Waals surface area contributed by atoms with Gasteiger partial charge in [-0.3, -0.25) is 14.5 Å². The molecule has 1 aromatic carbocycles. The summed E-state index contributed by atoms with van der Waals surface area (Å²) in [5, 5.41) is 7.00. The van der Waals surface area contributed by atoms with Crippen LogP contribution in [-0.2, 0) is 6.54 Å². The van der Waals surface area contributed by atoms with Crippen LogP contribution < -0.4 is 5.32 Å². The van der Waals surface area contributed by atoms with Gasteiger partial charge in [0, 0.05) is 18.1 Å². The molecule has 20 heavy (non-hydrogen) atoms. The molecular weight excluding hydrogens is 272 g/mol. The minimum Gasteiger partial charge on any atom is -0.321 e. The van der Waals surface area contributed by atoms with Gasteiger partial charge in [0.15, 0.2) is 0 Å². The fraction of sp³-hybridized carbons (Fsp3) is 0.0714. The molecule has 0 bridgehead atoms. The van der Waals surface area contributed by atoms with E-state index in [2.05, 4.69) is 15.4 Å². The number of hydrogen-bond donors (Lipinski definition) is 1. The van der Waals surface area contributed by atoms with Crippen LogP contribution in [0.1, 0.15) is 15.2 Å². The molecule has 1 amide bonds. The third-order valence-electron chi connectivity index (χ3n) is 2.77. The molecule has 0 fully saturated rings. The van der Waals surface area contributed by atoms with E-state index in [0.717, 1.165) is 17.8 Å². The van der Waals surface area contributed by atoms with Gasteiger partial charge in [0.2, 0.25) is 0 Å². The normalized spacial score (nSPS) is 10.4. The molecular formula is C14H12N4OS. The maximum absolute atomic E-state index is 11.9. The van der Waals surface area contributed by atoms with Crippen molar-refractivity contribution in [3.8, 4) is 0 Å². The quantitative estimate of drug-likeness (QED) is 0.801. The summed E-state index contributed by atoms with van der Waals surface area (Å²) in [5.41, 5.74) is 3.54. The molecule has 3 rings (SSSR count). The number of thiazole rings is 1. The standard InChI is InChI=1S/C14H12N4OS/c19-14(13-8-15-10-20-13)17-12-4-2-11(3-5-12)9-18-7-1-6-16-18/h1-8,10H,9H2,(H,17,19). The van der Waals surface area contributed by atoms with Crippen molar-refractivity contribution in [3.05, 3.63) is 64.9 Å². The molecule has 0 saturated carbocycles. The minimum atomic E-state index is -0.132. The summed E-state index contributed by atoms with van der Waals surface area (Å²) >= 11 is 1.32. The number of nitrogens with one attached hydrogen (secondary N) is 1. The van der Waals surface area contributed by atoms with Crippen molar-refractivity contribution in [2.45, 2.75) is 6.54 Å². The molecule has 3 aromatic rings. The second-order valence-corrected chi connectivity index (χ2v) is 5.11. The number of nitrogens with zero attached hydrogens (tertiary/aromatic N) is 3. The molecule has 0 spiro atoms. The van der Waals surface area contributed by atoms with E-state index in [1.165, 1.54) is 11.3 Å². The number of hydrogen-bond acceptors (Lipinski definition) is 4. The van der Waals surface area contributed by atoms with E-state index in [1.54, 1.807) is 17.9 Å². The molecule has 0 atom stereocenters. The monoisotopic (exact) mass is 284 g/mol. The average Bonchev–Trinajstić information content (AvgIpc) is 3.13. The Morgan fingerprint density at radius 1 is 1.30 bits per heavy atom. The van der Waals surface area contributed by atoms with Crippen molar-refractivity contribution in [1.29, 1.82) is 0 Å². The van der Waals surface area contributed by atoms with E-state index in [9.17, 15) is 4.79 Å². The molecule has 5 nitrogen and oxygen atoms in total. The van der Waals surface area contributed by atoms with Gasteiger partial charge in [0.25, 0.3) is 5.91 Å². The topological polar surface area (TPSA) is 59.8 Å². The highest BCUT2D eigenvalue weighted by Crippen LogP contribution is 2.13. The van der Waals surface area contributed by atoms with Gasteiger partial charge in [0.05, 0.1) is 18.3 Å². The van der Waals surface area contributed by atoms with Gasteiger partial charge in [-0.1, -0.05) is 12.1 Å². The Labute approximate surface area is 119 Å². The highest BCUT2D eigenvalue weighted by atomic mass is 32.1. The van der Waals surface area contributed by atoms with E-state index in [4.69, 9.17) is 0 Å². The number of aromatic nitrogens is 3. The van der Waals surface area contributed by atoms with Crippen LogP contribution in [0.3, 0.4) is 0 Å². The summed E-state index contributed by atoms with van der Waals surface area (Å²) in [7, 11) is 0. The predicted molar refractivity (Wildman–Crippen MR) is 77.8 cm³/mol. The van der Waals surface area contributed by atoms with Crippen LogP contribution in [0.25, 0.3) is 0 Å². The Hall–Kier alpha value is -2.47. The second-order valence-electron chi connectivity index (χ2n) is 4.22. The van der Waals surface area contributed by atoms with Crippen LogP contribution in [-0.4, -0.2) is 20.7 Å². The Bertz CT molecular complexity index is 675. The zero-order valence-electron chi connectivity index (χ0n) is 10.6. The van der Waals surface area contributed by atoms with Gasteiger partial charge < -0.3 is 5.32 Å². The first-order valence-corrected chi connectivity index (χ1v) is 6.95. The lowest BCUT2D eigenvalue weighted by molar-refractivity contribution is 0.103. The van der Waals surface area contributed by atoms with Gasteiger partial charge in [-0.15, -0.1) is 11.3 Å². The molecule has 0 unspecified atom stereocenters. The maximum Gasteiger partial charge on any atom is 0.267 e. The number of carbonyl (C=O) groups excluding carboxylic acids is 1. The number of rotatable bonds is 4. The first-order valence-electron chi connectivity index (χ1n) is 6.07. The third-order valence-corrected chi connectivity index (χ3v) is 3.54. The molecule has 0 aliphatic rings. The van der Waals surface area contributed by atoms with Crippen LogP contribution in [0.2, 0.25) is 0 Å². The smallest absolute Gasteiger partial charge is 0.267 e. The first kappa shape index (κ1) is 12.6. The molecule has 6 heteroatoms. The van der Waals surface area contributed by atoms with Gasteiger partial charge >= 0.3 is 0 Å². The summed E-state index contributed by atoms with van der Waals surface area (Å²) in [6.45, 7) is 0.718. The summed E-state index contributed by atoms with van der Waals surface area (Å²) < 4.78 is 1.85. The summed E-state index contributed by atoms with van der Waals surface area (Å²) in [6.07, 6.45) is 5.23. The van der Waals surface area contributed by atoms with Gasteiger partial charge in [-0.25, -0.2) is 0 Å². The highest BCUT2D eigenvalue weighted by molar-refractivity contribution is 7.11. The van der Waals surface area contributed by atoms with E-state index in [1.807, 2.05) is 41.2 Å². The molecule has 1 N–H and O–H groups in total. The molecule has 0 radical (unpaired) electrons. The Balaban J connectivity index is 1.65. The van der Waals surface area contributed by atoms with Crippen molar-refractivity contribution in [2.24, 2.45) is 0 Å². The molecule has 100 valence electrons. The van der Waals surface area contributed by atoms with Gasteiger partial charge in [0.1, 0.15) is 4.88 Å². The van der Waals surface area contributed by atoms with Crippen molar-refractivity contribution in [1.82, 2.24) is 14.8 Å². The predicted octanol–water partition coefficient (Wildman–Crippen LogP) is 2.64. The third kappa shape index (κ3) is 2.92. The molecule has 0 saturated heterocycles. The highest BCUT2D eigenvalue weighted by Gasteiger charge is 2.07. The van der Waals surface area contributed by atoms with Crippen LogP contribution >= 0.6 is 11.3 Å². The minimum absolute atomic E-state index is 0.132.